The summed E-state index contributed by atoms with van der Waals surface area (Å²) in [6.45, 7) is 10.9. The minimum absolute atomic E-state index is 0.0533. The van der Waals surface area contributed by atoms with Gasteiger partial charge in [0.2, 0.25) is 5.95 Å². The van der Waals surface area contributed by atoms with Crippen LogP contribution >= 0.6 is 0 Å². The number of benzene rings is 1. The van der Waals surface area contributed by atoms with Gasteiger partial charge in [0.25, 0.3) is 5.91 Å². The van der Waals surface area contributed by atoms with Crippen molar-refractivity contribution >= 4 is 17.6 Å². The van der Waals surface area contributed by atoms with Crippen LogP contribution in [0.3, 0.4) is 0 Å². The third-order valence-corrected chi connectivity index (χ3v) is 7.37. The zero-order chi connectivity index (χ0) is 28.8. The van der Waals surface area contributed by atoms with E-state index in [0.29, 0.717) is 25.5 Å². The molecule has 1 aromatic heterocycles. The molecule has 1 amide bonds. The number of likely N-dealkylation sites (N-methyl/N-ethyl adjacent to an activating group) is 1. The maximum absolute atomic E-state index is 14.9. The monoisotopic (exact) mass is 546 g/mol. The van der Waals surface area contributed by atoms with Crippen molar-refractivity contribution in [3.63, 3.8) is 0 Å². The van der Waals surface area contributed by atoms with E-state index in [9.17, 15) is 9.18 Å². The number of aromatic nitrogens is 2. The van der Waals surface area contributed by atoms with E-state index in [1.807, 2.05) is 50.9 Å². The molecular formula is C31H39FN6O2. The van der Waals surface area contributed by atoms with Gasteiger partial charge in [-0.05, 0) is 81.5 Å². The second-order valence-electron chi connectivity index (χ2n) is 10.4. The number of carbonyl (C=O) groups is 1. The Bertz CT molecular complexity index is 1340. The number of aryl methyl sites for hydroxylation is 1. The zero-order valence-corrected chi connectivity index (χ0v) is 24.1. The Labute approximate surface area is 236 Å². The quantitative estimate of drug-likeness (QED) is 0.185. The second-order valence-corrected chi connectivity index (χ2v) is 10.4. The third kappa shape index (κ3) is 6.76. The maximum atomic E-state index is 14.9. The van der Waals surface area contributed by atoms with E-state index in [-0.39, 0.29) is 23.6 Å². The number of hydrazone groups is 1. The molecule has 1 aliphatic heterocycles. The molecule has 0 bridgehead atoms. The van der Waals surface area contributed by atoms with Crippen molar-refractivity contribution in [2.45, 2.75) is 58.6 Å². The molecule has 0 radical (unpaired) electrons. The predicted molar refractivity (Wildman–Crippen MR) is 157 cm³/mol. The number of allylic oxidation sites excluding steroid dienone is 4. The summed E-state index contributed by atoms with van der Waals surface area (Å²) in [5.74, 6) is 0.513. The van der Waals surface area contributed by atoms with Gasteiger partial charge in [-0.2, -0.15) is 5.10 Å². The van der Waals surface area contributed by atoms with Crippen LogP contribution in [0.1, 0.15) is 54.7 Å². The van der Waals surface area contributed by atoms with Crippen LogP contribution in [0, 0.1) is 12.7 Å². The average molecular weight is 547 g/mol. The van der Waals surface area contributed by atoms with Gasteiger partial charge in [-0.1, -0.05) is 12.6 Å². The van der Waals surface area contributed by atoms with E-state index < -0.39 is 5.82 Å². The summed E-state index contributed by atoms with van der Waals surface area (Å²) in [7, 11) is 3.64. The van der Waals surface area contributed by atoms with Crippen LogP contribution in [-0.2, 0) is 11.2 Å². The van der Waals surface area contributed by atoms with E-state index in [1.54, 1.807) is 30.3 Å². The normalized spacial score (nSPS) is 16.8. The first-order valence-corrected chi connectivity index (χ1v) is 13.7. The number of likely N-dealkylation sites (tertiary alicyclic amines) is 1. The molecule has 0 unspecified atom stereocenters. The largest absolute Gasteiger partial charge is 0.491 e. The van der Waals surface area contributed by atoms with Crippen molar-refractivity contribution < 1.29 is 13.9 Å². The van der Waals surface area contributed by atoms with Gasteiger partial charge in [0.15, 0.2) is 0 Å². The number of nitrogens with one attached hydrogen (secondary N) is 1. The number of rotatable bonds is 11. The Balaban J connectivity index is 1.48. The smallest absolute Gasteiger partial charge is 0.256 e. The lowest BCUT2D eigenvalue weighted by Crippen LogP contribution is -2.60. The van der Waals surface area contributed by atoms with Crippen molar-refractivity contribution in [1.29, 1.82) is 0 Å². The summed E-state index contributed by atoms with van der Waals surface area (Å²) in [4.78, 5) is 25.7. The Hall–Kier alpha value is -4.01. The lowest BCUT2D eigenvalue weighted by Gasteiger charge is -2.44. The first kappa shape index (κ1) is 29.0. The van der Waals surface area contributed by atoms with Crippen molar-refractivity contribution in [3.05, 3.63) is 88.7 Å². The van der Waals surface area contributed by atoms with Crippen LogP contribution in [0.4, 0.5) is 10.3 Å². The molecule has 2 aliphatic rings. The van der Waals surface area contributed by atoms with E-state index >= 15 is 0 Å². The van der Waals surface area contributed by atoms with Gasteiger partial charge in [0.05, 0.1) is 23.4 Å². The molecule has 2 aromatic rings. The topological polar surface area (TPSA) is 83.0 Å². The van der Waals surface area contributed by atoms with Gasteiger partial charge >= 0.3 is 0 Å². The lowest BCUT2D eigenvalue weighted by molar-refractivity contribution is 0.0587. The Kier molecular flexibility index (Phi) is 9.34. The molecule has 212 valence electrons. The molecule has 1 aliphatic carbocycles. The summed E-state index contributed by atoms with van der Waals surface area (Å²) >= 11 is 0. The molecule has 8 nitrogen and oxygen atoms in total. The molecule has 1 saturated carbocycles. The number of hydrogen-bond acceptors (Lipinski definition) is 7. The maximum Gasteiger partial charge on any atom is 0.256 e. The number of nitrogens with zero attached hydrogens (tertiary/aromatic N) is 5. The number of carbonyl (C=O) groups excluding carboxylic acids is 1. The highest BCUT2D eigenvalue weighted by Crippen LogP contribution is 2.27. The minimum Gasteiger partial charge on any atom is -0.491 e. The van der Waals surface area contributed by atoms with Gasteiger partial charge < -0.3 is 20.0 Å². The fourth-order valence-electron chi connectivity index (χ4n) is 4.64. The molecule has 4 rings (SSSR count). The van der Waals surface area contributed by atoms with Crippen LogP contribution in [0.2, 0.25) is 0 Å². The van der Waals surface area contributed by atoms with E-state index in [2.05, 4.69) is 27.1 Å². The van der Waals surface area contributed by atoms with Crippen LogP contribution in [0.5, 0.6) is 0 Å². The zero-order valence-electron chi connectivity index (χ0n) is 24.1. The summed E-state index contributed by atoms with van der Waals surface area (Å²) in [6, 6.07) is 6.58. The van der Waals surface area contributed by atoms with Crippen LogP contribution < -0.4 is 10.3 Å². The molecule has 2 heterocycles. The average Bonchev–Trinajstić information content (AvgIpc) is 2.87. The number of anilines is 1. The van der Waals surface area contributed by atoms with Crippen molar-refractivity contribution in [2.24, 2.45) is 5.10 Å². The number of amides is 1. The highest BCUT2D eigenvalue weighted by atomic mass is 19.1. The van der Waals surface area contributed by atoms with E-state index in [0.717, 1.165) is 46.7 Å². The van der Waals surface area contributed by atoms with Gasteiger partial charge in [0.1, 0.15) is 11.6 Å². The van der Waals surface area contributed by atoms with Crippen molar-refractivity contribution in [2.75, 3.05) is 32.1 Å². The van der Waals surface area contributed by atoms with E-state index in [1.165, 1.54) is 12.5 Å². The molecule has 0 atom stereocenters. The van der Waals surface area contributed by atoms with Gasteiger partial charge in [-0.15, -0.1) is 0 Å². The van der Waals surface area contributed by atoms with Crippen LogP contribution in [0.15, 0.2) is 71.2 Å². The lowest BCUT2D eigenvalue weighted by atomic mass is 9.94. The number of ether oxygens (including phenoxy) is 1. The van der Waals surface area contributed by atoms with Crippen LogP contribution in [0.25, 0.3) is 0 Å². The Morgan fingerprint density at radius 2 is 2.08 bits per heavy atom. The summed E-state index contributed by atoms with van der Waals surface area (Å²) < 4.78 is 21.0. The molecule has 40 heavy (non-hydrogen) atoms. The van der Waals surface area contributed by atoms with Crippen LogP contribution in [-0.4, -0.2) is 65.8 Å². The van der Waals surface area contributed by atoms with E-state index in [4.69, 9.17) is 4.74 Å². The fourth-order valence-corrected chi connectivity index (χ4v) is 4.64. The molecule has 2 fully saturated rings. The Morgan fingerprint density at radius 1 is 1.32 bits per heavy atom. The van der Waals surface area contributed by atoms with Gasteiger partial charge in [-0.25, -0.2) is 14.4 Å². The number of hydrogen-bond donors (Lipinski definition) is 1. The molecule has 0 spiro atoms. The summed E-state index contributed by atoms with van der Waals surface area (Å²) in [5.41, 5.74) is 6.97. The molecular weight excluding hydrogens is 507 g/mol. The number of halogens is 1. The highest BCUT2D eigenvalue weighted by molar-refractivity contribution is 6.05. The molecule has 1 aromatic carbocycles. The van der Waals surface area contributed by atoms with Gasteiger partial charge in [-0.3, -0.25) is 4.79 Å². The highest BCUT2D eigenvalue weighted by Gasteiger charge is 2.36. The summed E-state index contributed by atoms with van der Waals surface area (Å²) in [5, 5.41) is 4.51. The molecule has 1 saturated heterocycles. The molecule has 1 N–H and O–H groups in total. The molecule has 9 heteroatoms. The summed E-state index contributed by atoms with van der Waals surface area (Å²) in [6.07, 6.45) is 9.56. The minimum atomic E-state index is -0.541. The predicted octanol–water partition coefficient (Wildman–Crippen LogP) is 4.98. The SMILES string of the molecule is C=C(C)C(=C\C(=CC)OC1CCC1)/C(Cc1ccc(F)c(C(=O)N2CC(N(C)c3nccc(C)n3)C2)c1)=N\NC. The van der Waals surface area contributed by atoms with Gasteiger partial charge in [0, 0.05) is 51.1 Å². The first-order valence-electron chi connectivity index (χ1n) is 13.7. The standard InChI is InChI=1S/C31H39FN6O2/c1-7-24(40-25-9-8-10-25)17-26(20(2)3)29(36-33-5)16-22-11-12-28(32)27(15-22)30(39)38-18-23(19-38)37(6)31-34-14-13-21(4)35-31/h7,11-15,17,23,25,33H,2,8-10,16,18-19H2,1,3-6H3/b24-7?,26-17+,36-29-. The second kappa shape index (κ2) is 12.9. The van der Waals surface area contributed by atoms with Crippen molar-refractivity contribution in [3.8, 4) is 0 Å². The first-order chi connectivity index (χ1) is 19.2. The Morgan fingerprint density at radius 3 is 2.67 bits per heavy atom. The van der Waals surface area contributed by atoms with Crippen molar-refractivity contribution in [1.82, 2.24) is 20.3 Å². The third-order valence-electron chi connectivity index (χ3n) is 7.37. The fraction of sp³-hybridized carbons (Fsp3) is 0.419.